The van der Waals surface area contributed by atoms with Crippen LogP contribution in [0.1, 0.15) is 47.0 Å². The number of amides is 2. The third kappa shape index (κ3) is 3.56. The van der Waals surface area contributed by atoms with E-state index in [-0.39, 0.29) is 18.4 Å². The molecule has 1 aliphatic carbocycles. The second-order valence-corrected chi connectivity index (χ2v) is 5.76. The van der Waals surface area contributed by atoms with Crippen molar-refractivity contribution in [2.24, 2.45) is 0 Å². The normalized spacial score (nSPS) is 13.7. The van der Waals surface area contributed by atoms with Crippen LogP contribution in [0, 0.1) is 0 Å². The van der Waals surface area contributed by atoms with Gasteiger partial charge >= 0.3 is 0 Å². The molecule has 2 N–H and O–H groups in total. The third-order valence-corrected chi connectivity index (χ3v) is 4.38. The molecule has 4 nitrogen and oxygen atoms in total. The van der Waals surface area contributed by atoms with Crippen molar-refractivity contribution in [2.75, 3.05) is 13.1 Å². The molecule has 0 bridgehead atoms. The highest BCUT2D eigenvalue weighted by atomic mass is 32.1. The van der Waals surface area contributed by atoms with Crippen LogP contribution in [0.15, 0.2) is 5.38 Å². The molecule has 104 valence electrons. The van der Waals surface area contributed by atoms with Crippen molar-refractivity contribution in [1.29, 1.82) is 0 Å². The first-order valence-electron chi connectivity index (χ1n) is 6.86. The standard InChI is InChI=1S/C14H20N2O2S/c1-2-7-15-13(17)8-16-14(18)11-9-19-12-6-4-3-5-10(11)12/h9H,2-8H2,1H3,(H,15,17)(H,16,18). The Morgan fingerprint density at radius 3 is 2.84 bits per heavy atom. The molecule has 5 heteroatoms. The number of fused-ring (bicyclic) bond motifs is 1. The van der Waals surface area contributed by atoms with E-state index in [1.54, 1.807) is 11.3 Å². The Balaban J connectivity index is 1.90. The highest BCUT2D eigenvalue weighted by Crippen LogP contribution is 2.29. The van der Waals surface area contributed by atoms with Gasteiger partial charge in [0.25, 0.3) is 5.91 Å². The first kappa shape index (κ1) is 14.1. The minimum atomic E-state index is -0.126. The van der Waals surface area contributed by atoms with E-state index in [1.807, 2.05) is 12.3 Å². The summed E-state index contributed by atoms with van der Waals surface area (Å²) in [6.45, 7) is 2.71. The van der Waals surface area contributed by atoms with Crippen molar-refractivity contribution in [2.45, 2.75) is 39.0 Å². The average molecular weight is 280 g/mol. The molecule has 2 amide bonds. The number of carbonyl (C=O) groups excluding carboxylic acids is 2. The molecule has 19 heavy (non-hydrogen) atoms. The molecule has 0 unspecified atom stereocenters. The largest absolute Gasteiger partial charge is 0.355 e. The van der Waals surface area contributed by atoms with Crippen LogP contribution in [0.5, 0.6) is 0 Å². The molecule has 2 rings (SSSR count). The van der Waals surface area contributed by atoms with Gasteiger partial charge in [-0.25, -0.2) is 0 Å². The zero-order valence-corrected chi connectivity index (χ0v) is 12.1. The molecule has 1 aromatic heterocycles. The van der Waals surface area contributed by atoms with E-state index in [0.717, 1.165) is 31.2 Å². The molecule has 0 saturated heterocycles. The average Bonchev–Trinajstić information content (AvgIpc) is 2.86. The smallest absolute Gasteiger partial charge is 0.252 e. The molecule has 0 radical (unpaired) electrons. The van der Waals surface area contributed by atoms with Gasteiger partial charge in [-0.2, -0.15) is 0 Å². The Morgan fingerprint density at radius 1 is 1.26 bits per heavy atom. The predicted molar refractivity (Wildman–Crippen MR) is 76.6 cm³/mol. The van der Waals surface area contributed by atoms with Crippen molar-refractivity contribution < 1.29 is 9.59 Å². The molecule has 0 spiro atoms. The number of aryl methyl sites for hydroxylation is 1. The summed E-state index contributed by atoms with van der Waals surface area (Å²) in [5.41, 5.74) is 1.96. The Morgan fingerprint density at radius 2 is 2.05 bits per heavy atom. The number of hydrogen-bond donors (Lipinski definition) is 2. The van der Waals surface area contributed by atoms with Crippen molar-refractivity contribution in [3.63, 3.8) is 0 Å². The molecule has 1 heterocycles. The number of hydrogen-bond acceptors (Lipinski definition) is 3. The molecular weight excluding hydrogens is 260 g/mol. The van der Waals surface area contributed by atoms with E-state index in [2.05, 4.69) is 10.6 Å². The summed E-state index contributed by atoms with van der Waals surface area (Å²) in [6, 6.07) is 0. The van der Waals surface area contributed by atoms with Gasteiger partial charge in [-0.1, -0.05) is 6.92 Å². The maximum absolute atomic E-state index is 12.1. The lowest BCUT2D eigenvalue weighted by Crippen LogP contribution is -2.37. The zero-order valence-electron chi connectivity index (χ0n) is 11.3. The molecule has 0 aliphatic heterocycles. The van der Waals surface area contributed by atoms with Crippen molar-refractivity contribution in [1.82, 2.24) is 10.6 Å². The molecule has 0 atom stereocenters. The van der Waals surface area contributed by atoms with Crippen LogP contribution >= 0.6 is 11.3 Å². The van der Waals surface area contributed by atoms with Crippen molar-refractivity contribution in [3.8, 4) is 0 Å². The van der Waals surface area contributed by atoms with E-state index >= 15 is 0 Å². The molecule has 1 aromatic rings. The highest BCUT2D eigenvalue weighted by Gasteiger charge is 2.20. The number of rotatable bonds is 5. The SMILES string of the molecule is CCCNC(=O)CNC(=O)c1csc2c1CCCC2. The van der Waals surface area contributed by atoms with Crippen LogP contribution in [0.2, 0.25) is 0 Å². The van der Waals surface area contributed by atoms with Gasteiger partial charge < -0.3 is 10.6 Å². The minimum absolute atomic E-state index is 0.0590. The van der Waals surface area contributed by atoms with E-state index in [1.165, 1.54) is 16.9 Å². The van der Waals surface area contributed by atoms with Gasteiger partial charge in [0.1, 0.15) is 0 Å². The summed E-state index contributed by atoms with van der Waals surface area (Å²) in [5, 5.41) is 7.37. The van der Waals surface area contributed by atoms with Crippen LogP contribution in [-0.2, 0) is 17.6 Å². The Labute approximate surface area is 117 Å². The van der Waals surface area contributed by atoms with Crippen LogP contribution in [0.4, 0.5) is 0 Å². The van der Waals surface area contributed by atoms with E-state index in [4.69, 9.17) is 0 Å². The second kappa shape index (κ2) is 6.70. The second-order valence-electron chi connectivity index (χ2n) is 4.79. The number of carbonyl (C=O) groups is 2. The monoisotopic (exact) mass is 280 g/mol. The lowest BCUT2D eigenvalue weighted by atomic mass is 9.96. The van der Waals surface area contributed by atoms with Crippen LogP contribution in [0.3, 0.4) is 0 Å². The minimum Gasteiger partial charge on any atom is -0.355 e. The Kier molecular flexibility index (Phi) is 4.96. The van der Waals surface area contributed by atoms with Gasteiger partial charge in [0.05, 0.1) is 12.1 Å². The van der Waals surface area contributed by atoms with E-state index in [9.17, 15) is 9.59 Å². The van der Waals surface area contributed by atoms with Crippen LogP contribution in [0.25, 0.3) is 0 Å². The Hall–Kier alpha value is -1.36. The molecule has 1 aliphatic rings. The maximum Gasteiger partial charge on any atom is 0.252 e. The summed E-state index contributed by atoms with van der Waals surface area (Å²) in [5.74, 6) is -0.245. The quantitative estimate of drug-likeness (QED) is 0.865. The summed E-state index contributed by atoms with van der Waals surface area (Å²) in [4.78, 5) is 24.9. The van der Waals surface area contributed by atoms with Gasteiger partial charge in [-0.15, -0.1) is 11.3 Å². The van der Waals surface area contributed by atoms with Gasteiger partial charge in [-0.05, 0) is 37.7 Å². The van der Waals surface area contributed by atoms with Crippen molar-refractivity contribution in [3.05, 3.63) is 21.4 Å². The molecule has 0 aromatic carbocycles. The van der Waals surface area contributed by atoms with Gasteiger partial charge in [0, 0.05) is 16.8 Å². The summed E-state index contributed by atoms with van der Waals surface area (Å²) in [6.07, 6.45) is 5.35. The molecular formula is C14H20N2O2S. The van der Waals surface area contributed by atoms with Crippen LogP contribution in [-0.4, -0.2) is 24.9 Å². The predicted octanol–water partition coefficient (Wildman–Crippen LogP) is 1.88. The highest BCUT2D eigenvalue weighted by molar-refractivity contribution is 7.10. The summed E-state index contributed by atoms with van der Waals surface area (Å²) in [7, 11) is 0. The van der Waals surface area contributed by atoms with Gasteiger partial charge in [0.2, 0.25) is 5.91 Å². The fourth-order valence-corrected chi connectivity index (χ4v) is 3.39. The fraction of sp³-hybridized carbons (Fsp3) is 0.571. The third-order valence-electron chi connectivity index (χ3n) is 3.29. The molecule has 0 saturated carbocycles. The summed E-state index contributed by atoms with van der Waals surface area (Å²) < 4.78 is 0. The lowest BCUT2D eigenvalue weighted by molar-refractivity contribution is -0.120. The maximum atomic E-state index is 12.1. The first-order chi connectivity index (χ1) is 9.22. The fourth-order valence-electron chi connectivity index (χ4n) is 2.27. The number of thiophene rings is 1. The summed E-state index contributed by atoms with van der Waals surface area (Å²) >= 11 is 1.67. The Bertz CT molecular complexity index is 468. The first-order valence-corrected chi connectivity index (χ1v) is 7.74. The zero-order chi connectivity index (χ0) is 13.7. The molecule has 0 fully saturated rings. The van der Waals surface area contributed by atoms with Gasteiger partial charge in [0.15, 0.2) is 0 Å². The van der Waals surface area contributed by atoms with E-state index < -0.39 is 0 Å². The van der Waals surface area contributed by atoms with Crippen molar-refractivity contribution >= 4 is 23.2 Å². The van der Waals surface area contributed by atoms with Crippen LogP contribution < -0.4 is 10.6 Å². The lowest BCUT2D eigenvalue weighted by Gasteiger charge is -2.12. The number of nitrogens with one attached hydrogen (secondary N) is 2. The van der Waals surface area contributed by atoms with E-state index in [0.29, 0.717) is 6.54 Å². The topological polar surface area (TPSA) is 58.2 Å². The van der Waals surface area contributed by atoms with Gasteiger partial charge in [-0.3, -0.25) is 9.59 Å².